The summed E-state index contributed by atoms with van der Waals surface area (Å²) in [6.07, 6.45) is 0.511. The summed E-state index contributed by atoms with van der Waals surface area (Å²) in [6.45, 7) is 6.51. The van der Waals surface area contributed by atoms with Crippen LogP contribution in [-0.4, -0.2) is 99.0 Å². The van der Waals surface area contributed by atoms with E-state index in [0.29, 0.717) is 23.4 Å². The number of nitrogens with one attached hydrogen (secondary N) is 1. The molecule has 1 aliphatic rings. The van der Waals surface area contributed by atoms with Crippen LogP contribution in [0, 0.1) is 12.8 Å². The molecule has 0 bridgehead atoms. The first-order chi connectivity index (χ1) is 19.3. The van der Waals surface area contributed by atoms with Crippen molar-refractivity contribution in [2.45, 2.75) is 57.1 Å². The summed E-state index contributed by atoms with van der Waals surface area (Å²) in [5, 5.41) is 12.8. The number of nitrogens with zero attached hydrogens (tertiary/aromatic N) is 3. The van der Waals surface area contributed by atoms with E-state index in [2.05, 4.69) is 5.32 Å². The van der Waals surface area contributed by atoms with Gasteiger partial charge < -0.3 is 25.0 Å². The minimum Gasteiger partial charge on any atom is -0.488 e. The predicted molar refractivity (Wildman–Crippen MR) is 159 cm³/mol. The monoisotopic (exact) mass is 588 g/mol. The predicted octanol–water partition coefficient (Wildman–Crippen LogP) is 2.75. The first kappa shape index (κ1) is 32.5. The second-order valence-corrected chi connectivity index (χ2v) is 13.3. The number of hydrogen-bond donors (Lipinski definition) is 2. The zero-order chi connectivity index (χ0) is 30.3. The van der Waals surface area contributed by atoms with Crippen molar-refractivity contribution in [1.29, 1.82) is 0 Å². The zero-order valence-corrected chi connectivity index (χ0v) is 25.8. The van der Waals surface area contributed by atoms with Crippen molar-refractivity contribution in [3.8, 4) is 5.75 Å². The van der Waals surface area contributed by atoms with Gasteiger partial charge in [-0.1, -0.05) is 24.6 Å². The molecule has 0 unspecified atom stereocenters. The van der Waals surface area contributed by atoms with Crippen molar-refractivity contribution in [3.05, 3.63) is 53.6 Å². The quantitative estimate of drug-likeness (QED) is 0.414. The Hall–Kier alpha value is -2.99. The molecule has 10 nitrogen and oxygen atoms in total. The van der Waals surface area contributed by atoms with Crippen LogP contribution in [0.3, 0.4) is 0 Å². The Labute approximate surface area is 244 Å². The molecule has 3 rings (SSSR count). The van der Waals surface area contributed by atoms with Crippen LogP contribution in [0.15, 0.2) is 47.4 Å². The Morgan fingerprint density at radius 2 is 1.85 bits per heavy atom. The number of rotatable bonds is 11. The molecule has 11 heteroatoms. The molecule has 0 spiro atoms. The Morgan fingerprint density at radius 1 is 1.17 bits per heavy atom. The van der Waals surface area contributed by atoms with E-state index in [4.69, 9.17) is 4.74 Å². The lowest BCUT2D eigenvalue weighted by Crippen LogP contribution is -2.48. The van der Waals surface area contributed by atoms with Gasteiger partial charge in [-0.25, -0.2) is 8.42 Å². The van der Waals surface area contributed by atoms with Gasteiger partial charge in [-0.3, -0.25) is 9.59 Å². The number of benzene rings is 2. The molecule has 0 aliphatic carbocycles. The van der Waals surface area contributed by atoms with Crippen LogP contribution < -0.4 is 10.1 Å². The second kappa shape index (κ2) is 14.3. The Bertz CT molecular complexity index is 1300. The van der Waals surface area contributed by atoms with Gasteiger partial charge in [0.15, 0.2) is 0 Å². The van der Waals surface area contributed by atoms with E-state index < -0.39 is 22.2 Å². The maximum absolute atomic E-state index is 13.4. The van der Waals surface area contributed by atoms with Crippen LogP contribution in [0.4, 0.5) is 5.69 Å². The largest absolute Gasteiger partial charge is 0.488 e. The van der Waals surface area contributed by atoms with Crippen LogP contribution in [-0.2, 0) is 26.0 Å². The summed E-state index contributed by atoms with van der Waals surface area (Å²) < 4.78 is 34.4. The van der Waals surface area contributed by atoms with Crippen molar-refractivity contribution in [3.63, 3.8) is 0 Å². The molecule has 2 N–H and O–H groups in total. The van der Waals surface area contributed by atoms with Gasteiger partial charge >= 0.3 is 0 Å². The third-order valence-electron chi connectivity index (χ3n) is 7.38. The molecule has 0 fully saturated rings. The number of aliphatic hydroxyl groups excluding tert-OH is 1. The highest BCUT2D eigenvalue weighted by atomic mass is 32.2. The number of aryl methyl sites for hydroxylation is 1. The molecule has 226 valence electrons. The molecule has 3 atom stereocenters. The van der Waals surface area contributed by atoms with E-state index in [0.717, 1.165) is 18.5 Å². The molecule has 41 heavy (non-hydrogen) atoms. The number of carbonyl (C=O) groups excluding carboxylic acids is 2. The van der Waals surface area contributed by atoms with Gasteiger partial charge in [0.2, 0.25) is 21.8 Å². The highest BCUT2D eigenvalue weighted by molar-refractivity contribution is 7.89. The van der Waals surface area contributed by atoms with E-state index in [1.165, 1.54) is 11.4 Å². The first-order valence-electron chi connectivity index (χ1n) is 14.0. The highest BCUT2D eigenvalue weighted by Crippen LogP contribution is 2.30. The van der Waals surface area contributed by atoms with Gasteiger partial charge in [0.25, 0.3) is 0 Å². The highest BCUT2D eigenvalue weighted by Gasteiger charge is 2.33. The number of aliphatic hydroxyl groups is 1. The third-order valence-corrected chi connectivity index (χ3v) is 9.21. The summed E-state index contributed by atoms with van der Waals surface area (Å²) in [5.41, 5.74) is 2.10. The SMILES string of the molecule is Cc1ccc(S(=O)(=O)N(C)C[C@@H]2Oc3ccc(NC(=O)CCCN(C)C)cc3CC(=O)N([C@H](C)CO)C[C@@H]2C)cc1. The van der Waals surface area contributed by atoms with Gasteiger partial charge in [0, 0.05) is 37.2 Å². The van der Waals surface area contributed by atoms with Crippen molar-refractivity contribution < 1.29 is 27.9 Å². The maximum Gasteiger partial charge on any atom is 0.242 e. The lowest BCUT2D eigenvalue weighted by atomic mass is 10.0. The summed E-state index contributed by atoms with van der Waals surface area (Å²) in [4.78, 5) is 29.8. The lowest BCUT2D eigenvalue weighted by molar-refractivity contribution is -0.134. The zero-order valence-electron chi connectivity index (χ0n) is 25.0. The molecule has 2 amide bonds. The third kappa shape index (κ3) is 8.75. The number of likely N-dealkylation sites (N-methyl/N-ethyl adjacent to an activating group) is 1. The summed E-state index contributed by atoms with van der Waals surface area (Å²) in [7, 11) is 1.65. The van der Waals surface area contributed by atoms with Crippen LogP contribution in [0.5, 0.6) is 5.75 Å². The number of sulfonamides is 1. The maximum atomic E-state index is 13.4. The molecule has 0 aromatic heterocycles. The lowest BCUT2D eigenvalue weighted by Gasteiger charge is -2.33. The van der Waals surface area contributed by atoms with E-state index >= 15 is 0 Å². The van der Waals surface area contributed by atoms with Gasteiger partial charge in [-0.05, 0) is 71.2 Å². The second-order valence-electron chi connectivity index (χ2n) is 11.3. The van der Waals surface area contributed by atoms with Crippen LogP contribution >= 0.6 is 0 Å². The normalized spacial score (nSPS) is 18.8. The number of ether oxygens (including phenoxy) is 1. The number of anilines is 1. The smallest absolute Gasteiger partial charge is 0.242 e. The Balaban J connectivity index is 1.90. The number of hydrogen-bond acceptors (Lipinski definition) is 7. The van der Waals surface area contributed by atoms with Crippen LogP contribution in [0.2, 0.25) is 0 Å². The molecule has 2 aromatic rings. The molecule has 2 aromatic carbocycles. The van der Waals surface area contributed by atoms with Crippen LogP contribution in [0.25, 0.3) is 0 Å². The molecule has 0 radical (unpaired) electrons. The first-order valence-corrected chi connectivity index (χ1v) is 15.4. The van der Waals surface area contributed by atoms with E-state index in [1.54, 1.807) is 54.3 Å². The Kier molecular flexibility index (Phi) is 11.3. The van der Waals surface area contributed by atoms with E-state index in [9.17, 15) is 23.1 Å². The van der Waals surface area contributed by atoms with Crippen LogP contribution in [0.1, 0.15) is 37.8 Å². The van der Waals surface area contributed by atoms with Crippen molar-refractivity contribution >= 4 is 27.5 Å². The fourth-order valence-electron chi connectivity index (χ4n) is 4.75. The fraction of sp³-hybridized carbons (Fsp3) is 0.533. The molecule has 0 saturated heterocycles. The summed E-state index contributed by atoms with van der Waals surface area (Å²) >= 11 is 0. The topological polar surface area (TPSA) is 119 Å². The number of fused-ring (bicyclic) bond motifs is 1. The Morgan fingerprint density at radius 3 is 2.49 bits per heavy atom. The average molecular weight is 589 g/mol. The van der Waals surface area contributed by atoms with E-state index in [-0.39, 0.29) is 48.7 Å². The van der Waals surface area contributed by atoms with Gasteiger partial charge in [-0.15, -0.1) is 0 Å². The standard InChI is InChI=1S/C30H44N4O6S/c1-21-9-12-26(13-10-21)41(38,39)33(6)19-28-22(2)18-34(23(3)20-35)30(37)17-24-16-25(11-14-27(24)40-28)31-29(36)8-7-15-32(4)5/h9-14,16,22-23,28,35H,7-8,15,17-20H2,1-6H3,(H,31,36)/t22-,23+,28-/m0/s1. The number of carbonyl (C=O) groups is 2. The fourth-order valence-corrected chi connectivity index (χ4v) is 5.93. The molecule has 0 saturated carbocycles. The molecular formula is C30H44N4O6S. The van der Waals surface area contributed by atoms with Crippen molar-refractivity contribution in [2.24, 2.45) is 5.92 Å². The van der Waals surface area contributed by atoms with Gasteiger partial charge in [0.05, 0.1) is 30.5 Å². The molecule has 1 aliphatic heterocycles. The minimum atomic E-state index is -3.78. The number of amides is 2. The average Bonchev–Trinajstić information content (AvgIpc) is 2.95. The van der Waals surface area contributed by atoms with Crippen molar-refractivity contribution in [2.75, 3.05) is 52.7 Å². The summed E-state index contributed by atoms with van der Waals surface area (Å²) in [5.74, 6) is -0.0999. The van der Waals surface area contributed by atoms with Crippen molar-refractivity contribution in [1.82, 2.24) is 14.1 Å². The minimum absolute atomic E-state index is 0.0148. The molecule has 1 heterocycles. The van der Waals surface area contributed by atoms with Gasteiger partial charge in [0.1, 0.15) is 11.9 Å². The van der Waals surface area contributed by atoms with Gasteiger partial charge in [-0.2, -0.15) is 4.31 Å². The van der Waals surface area contributed by atoms with E-state index in [1.807, 2.05) is 32.8 Å². The summed E-state index contributed by atoms with van der Waals surface area (Å²) in [6, 6.07) is 11.4. The molecular weight excluding hydrogens is 544 g/mol.